The normalized spacial score (nSPS) is 11.3. The van der Waals surface area contributed by atoms with Gasteiger partial charge in [-0.25, -0.2) is 24.9 Å². The Bertz CT molecular complexity index is 3280. The average molecular weight is 795 g/mol. The van der Waals surface area contributed by atoms with Gasteiger partial charge < -0.3 is 4.57 Å². The second-order valence-corrected chi connectivity index (χ2v) is 15.4. The van der Waals surface area contributed by atoms with Gasteiger partial charge in [-0.1, -0.05) is 181 Å². The first-order valence-corrected chi connectivity index (χ1v) is 20.8. The molecule has 3 aromatic heterocycles. The Balaban J connectivity index is 1.21. The van der Waals surface area contributed by atoms with Crippen LogP contribution in [0.1, 0.15) is 5.56 Å². The molecule has 0 atom stereocenters. The van der Waals surface area contributed by atoms with Gasteiger partial charge in [0.25, 0.3) is 0 Å². The molecule has 0 aliphatic heterocycles. The molecular formula is C56H38N6. The molecule has 0 aliphatic carbocycles. The monoisotopic (exact) mass is 794 g/mol. The van der Waals surface area contributed by atoms with Gasteiger partial charge in [0.15, 0.2) is 23.3 Å². The van der Waals surface area contributed by atoms with E-state index >= 15 is 0 Å². The molecule has 0 N–H and O–H groups in total. The predicted octanol–water partition coefficient (Wildman–Crippen LogP) is 13.7. The number of nitrogens with zero attached hydrogens (tertiary/aromatic N) is 6. The van der Waals surface area contributed by atoms with Crippen LogP contribution in [0.4, 0.5) is 0 Å². The van der Waals surface area contributed by atoms with Gasteiger partial charge in [-0.05, 0) is 54.4 Å². The highest BCUT2D eigenvalue weighted by atomic mass is 15.0. The van der Waals surface area contributed by atoms with Crippen molar-refractivity contribution in [3.63, 3.8) is 0 Å². The number of hydrogen-bond acceptors (Lipinski definition) is 5. The molecule has 0 aliphatic rings. The fourth-order valence-corrected chi connectivity index (χ4v) is 8.31. The first-order valence-electron chi connectivity index (χ1n) is 20.8. The van der Waals surface area contributed by atoms with Crippen LogP contribution in [-0.2, 0) is 0 Å². The molecule has 11 rings (SSSR count). The lowest BCUT2D eigenvalue weighted by Crippen LogP contribution is -2.03. The van der Waals surface area contributed by atoms with Gasteiger partial charge >= 0.3 is 0 Å². The second kappa shape index (κ2) is 15.7. The summed E-state index contributed by atoms with van der Waals surface area (Å²) >= 11 is 0. The van der Waals surface area contributed by atoms with E-state index in [1.54, 1.807) is 0 Å². The smallest absolute Gasteiger partial charge is 0.164 e. The molecule has 6 heteroatoms. The Kier molecular flexibility index (Phi) is 9.28. The summed E-state index contributed by atoms with van der Waals surface area (Å²) in [6, 6.07) is 73.4. The number of fused-ring (bicyclic) bond motifs is 3. The lowest BCUT2D eigenvalue weighted by Gasteiger charge is -2.17. The Hall–Kier alpha value is -8.35. The van der Waals surface area contributed by atoms with Gasteiger partial charge in [-0.15, -0.1) is 0 Å². The van der Waals surface area contributed by atoms with Crippen LogP contribution in [0.2, 0.25) is 0 Å². The third-order valence-electron chi connectivity index (χ3n) is 11.3. The third-order valence-corrected chi connectivity index (χ3v) is 11.3. The zero-order chi connectivity index (χ0) is 41.4. The molecule has 0 saturated heterocycles. The SMILES string of the molecule is Cc1cccc(-c2ccc3c4ccccc4n(-c4ccc(-c5nc(-c6ccccc6)nc(-c6ccccc6)n5)cc4-c4cc(-c5ccccc5)nc(-c5ccccc5)n4)c3c2)c1. The lowest BCUT2D eigenvalue weighted by atomic mass is 10.0. The van der Waals surface area contributed by atoms with Crippen LogP contribution in [-0.4, -0.2) is 29.5 Å². The van der Waals surface area contributed by atoms with E-state index in [1.807, 2.05) is 97.1 Å². The maximum absolute atomic E-state index is 5.39. The second-order valence-electron chi connectivity index (χ2n) is 15.4. The number of aromatic nitrogens is 6. The van der Waals surface area contributed by atoms with E-state index in [1.165, 1.54) is 21.9 Å². The Morgan fingerprint density at radius 2 is 0.790 bits per heavy atom. The highest BCUT2D eigenvalue weighted by Gasteiger charge is 2.21. The molecule has 3 heterocycles. The highest BCUT2D eigenvalue weighted by molar-refractivity contribution is 6.10. The largest absolute Gasteiger partial charge is 0.309 e. The molecule has 8 aromatic carbocycles. The topological polar surface area (TPSA) is 69.4 Å². The van der Waals surface area contributed by atoms with Gasteiger partial charge in [-0.2, -0.15) is 0 Å². The van der Waals surface area contributed by atoms with Gasteiger partial charge in [0.2, 0.25) is 0 Å². The standard InChI is InChI=1S/C56H38N6/c1-37-17-16-26-42(33-37)43-29-31-46-45-27-14-15-28-50(45)62(52(46)35-43)51-32-30-44(56-60-54(40-22-10-4-11-23-40)59-55(61-56)41-24-12-5-13-25-41)34-47(51)49-36-48(38-18-6-2-7-19-38)57-53(58-49)39-20-8-3-9-21-39/h2-36H,1H3. The van der Waals surface area contributed by atoms with Crippen molar-refractivity contribution in [1.82, 2.24) is 29.5 Å². The molecule has 292 valence electrons. The minimum Gasteiger partial charge on any atom is -0.309 e. The molecule has 0 spiro atoms. The molecule has 0 bridgehead atoms. The Labute approximate surface area is 359 Å². The summed E-state index contributed by atoms with van der Waals surface area (Å²) in [7, 11) is 0. The van der Waals surface area contributed by atoms with Gasteiger partial charge in [-0.3, -0.25) is 0 Å². The molecule has 0 unspecified atom stereocenters. The van der Waals surface area contributed by atoms with Gasteiger partial charge in [0.1, 0.15) is 0 Å². The van der Waals surface area contributed by atoms with Crippen molar-refractivity contribution in [3.8, 4) is 84.9 Å². The molecular weight excluding hydrogens is 757 g/mol. The van der Waals surface area contributed by atoms with E-state index in [9.17, 15) is 0 Å². The molecule has 11 aromatic rings. The molecule has 6 nitrogen and oxygen atoms in total. The summed E-state index contributed by atoms with van der Waals surface area (Å²) < 4.78 is 2.38. The van der Waals surface area contributed by atoms with E-state index < -0.39 is 0 Å². The van der Waals surface area contributed by atoms with Crippen molar-refractivity contribution in [1.29, 1.82) is 0 Å². The van der Waals surface area contributed by atoms with Gasteiger partial charge in [0.05, 0.1) is 28.1 Å². The van der Waals surface area contributed by atoms with Crippen molar-refractivity contribution < 1.29 is 0 Å². The molecule has 0 radical (unpaired) electrons. The van der Waals surface area contributed by atoms with E-state index in [2.05, 4.69) is 127 Å². The number of hydrogen-bond donors (Lipinski definition) is 0. The van der Waals surface area contributed by atoms with Crippen LogP contribution < -0.4 is 0 Å². The van der Waals surface area contributed by atoms with E-state index in [4.69, 9.17) is 24.9 Å². The summed E-state index contributed by atoms with van der Waals surface area (Å²) in [5, 5.41) is 2.34. The predicted molar refractivity (Wildman–Crippen MR) is 253 cm³/mol. The summed E-state index contributed by atoms with van der Waals surface area (Å²) in [6.07, 6.45) is 0. The number of para-hydroxylation sites is 1. The third kappa shape index (κ3) is 6.89. The molecule has 62 heavy (non-hydrogen) atoms. The summed E-state index contributed by atoms with van der Waals surface area (Å²) in [5.74, 6) is 2.41. The van der Waals surface area contributed by atoms with Crippen molar-refractivity contribution in [3.05, 3.63) is 218 Å². The van der Waals surface area contributed by atoms with E-state index in [0.29, 0.717) is 23.3 Å². The van der Waals surface area contributed by atoms with E-state index in [0.717, 1.165) is 67.1 Å². The summed E-state index contributed by atoms with van der Waals surface area (Å²) in [5.41, 5.74) is 13.8. The quantitative estimate of drug-likeness (QED) is 0.153. The maximum Gasteiger partial charge on any atom is 0.164 e. The first-order chi connectivity index (χ1) is 30.6. The fourth-order valence-electron chi connectivity index (χ4n) is 8.31. The molecule has 0 fully saturated rings. The minimum absolute atomic E-state index is 0.565. The Morgan fingerprint density at radius 3 is 1.42 bits per heavy atom. The zero-order valence-corrected chi connectivity index (χ0v) is 33.9. The maximum atomic E-state index is 5.39. The number of benzene rings is 8. The highest BCUT2D eigenvalue weighted by Crippen LogP contribution is 2.40. The van der Waals surface area contributed by atoms with Crippen LogP contribution in [0.5, 0.6) is 0 Å². The van der Waals surface area contributed by atoms with Crippen molar-refractivity contribution in [2.45, 2.75) is 6.92 Å². The fraction of sp³-hybridized carbons (Fsp3) is 0.0179. The van der Waals surface area contributed by atoms with Crippen molar-refractivity contribution >= 4 is 21.8 Å². The molecule has 0 amide bonds. The van der Waals surface area contributed by atoms with Crippen LogP contribution in [0, 0.1) is 6.92 Å². The Morgan fingerprint density at radius 1 is 0.306 bits per heavy atom. The van der Waals surface area contributed by atoms with Crippen LogP contribution >= 0.6 is 0 Å². The molecule has 0 saturated carbocycles. The van der Waals surface area contributed by atoms with E-state index in [-0.39, 0.29) is 0 Å². The lowest BCUT2D eigenvalue weighted by molar-refractivity contribution is 1.07. The minimum atomic E-state index is 0.565. The summed E-state index contributed by atoms with van der Waals surface area (Å²) in [6.45, 7) is 2.14. The number of rotatable bonds is 8. The summed E-state index contributed by atoms with van der Waals surface area (Å²) in [4.78, 5) is 25.8. The van der Waals surface area contributed by atoms with Gasteiger partial charge in [0, 0.05) is 44.2 Å². The van der Waals surface area contributed by atoms with Crippen LogP contribution in [0.15, 0.2) is 212 Å². The van der Waals surface area contributed by atoms with Crippen LogP contribution in [0.25, 0.3) is 107 Å². The average Bonchev–Trinajstić information content (AvgIpc) is 3.68. The number of aryl methyl sites for hydroxylation is 1. The first kappa shape index (κ1) is 36.7. The van der Waals surface area contributed by atoms with Crippen molar-refractivity contribution in [2.75, 3.05) is 0 Å². The zero-order valence-electron chi connectivity index (χ0n) is 33.9. The van der Waals surface area contributed by atoms with Crippen LogP contribution in [0.3, 0.4) is 0 Å². The van der Waals surface area contributed by atoms with Crippen molar-refractivity contribution in [2.24, 2.45) is 0 Å².